The summed E-state index contributed by atoms with van der Waals surface area (Å²) < 4.78 is 7.48. The number of rotatable bonds is 2. The van der Waals surface area contributed by atoms with E-state index in [9.17, 15) is 0 Å². The molecule has 1 aliphatic rings. The number of fused-ring (bicyclic) bond motifs is 1. The summed E-state index contributed by atoms with van der Waals surface area (Å²) in [6, 6.07) is 8.06. The molecule has 2 heterocycles. The highest BCUT2D eigenvalue weighted by atomic mass is 16.5. The number of nitrogens with two attached hydrogens (primary N) is 1. The van der Waals surface area contributed by atoms with Crippen molar-refractivity contribution < 1.29 is 4.74 Å². The smallest absolute Gasteiger partial charge is 0.201 e. The molecule has 0 aliphatic carbocycles. The fourth-order valence-electron chi connectivity index (χ4n) is 2.27. The fourth-order valence-corrected chi connectivity index (χ4v) is 2.27. The number of nitrogen functional groups attached to an aromatic ring is 1. The zero-order valence-electron chi connectivity index (χ0n) is 9.10. The average molecular weight is 217 g/mol. The van der Waals surface area contributed by atoms with E-state index < -0.39 is 0 Å². The molecule has 1 fully saturated rings. The van der Waals surface area contributed by atoms with Crippen molar-refractivity contribution in [3.8, 4) is 0 Å². The van der Waals surface area contributed by atoms with E-state index in [0.717, 1.165) is 37.2 Å². The standard InChI is InChI=1S/C12H15N3O/c13-12-14-10-3-1-2-4-11(10)15(12)7-9-5-6-16-8-9/h1-4,9H,5-8H2,(H2,13,14). The number of anilines is 1. The molecule has 1 atom stereocenters. The first kappa shape index (κ1) is 9.66. The Balaban J connectivity index is 1.98. The Labute approximate surface area is 94.0 Å². The number of ether oxygens (including phenoxy) is 1. The zero-order valence-corrected chi connectivity index (χ0v) is 9.10. The molecule has 2 aromatic rings. The van der Waals surface area contributed by atoms with E-state index in [1.54, 1.807) is 0 Å². The van der Waals surface area contributed by atoms with Crippen molar-refractivity contribution in [3.63, 3.8) is 0 Å². The van der Waals surface area contributed by atoms with Crippen molar-refractivity contribution >= 4 is 17.0 Å². The summed E-state index contributed by atoms with van der Waals surface area (Å²) in [5.41, 5.74) is 8.03. The van der Waals surface area contributed by atoms with Crippen molar-refractivity contribution in [2.45, 2.75) is 13.0 Å². The highest BCUT2D eigenvalue weighted by Gasteiger charge is 2.18. The van der Waals surface area contributed by atoms with Crippen LogP contribution in [0.5, 0.6) is 0 Å². The first-order valence-electron chi connectivity index (χ1n) is 5.63. The molecule has 3 rings (SSSR count). The van der Waals surface area contributed by atoms with Crippen LogP contribution < -0.4 is 5.73 Å². The molecule has 4 nitrogen and oxygen atoms in total. The highest BCUT2D eigenvalue weighted by molar-refractivity contribution is 5.78. The molecule has 1 aliphatic heterocycles. The fraction of sp³-hybridized carbons (Fsp3) is 0.417. The van der Waals surface area contributed by atoms with Gasteiger partial charge in [0.15, 0.2) is 0 Å². The number of para-hydroxylation sites is 2. The third-order valence-electron chi connectivity index (χ3n) is 3.15. The van der Waals surface area contributed by atoms with Crippen LogP contribution in [-0.2, 0) is 11.3 Å². The molecule has 1 unspecified atom stereocenters. The highest BCUT2D eigenvalue weighted by Crippen LogP contribution is 2.22. The lowest BCUT2D eigenvalue weighted by Crippen LogP contribution is -2.12. The third kappa shape index (κ3) is 1.55. The minimum absolute atomic E-state index is 0.569. The Bertz CT molecular complexity index is 500. The number of imidazole rings is 1. The predicted octanol–water partition coefficient (Wildman–Crippen LogP) is 1.66. The molecular formula is C12H15N3O. The summed E-state index contributed by atoms with van der Waals surface area (Å²) in [6.07, 6.45) is 1.12. The Morgan fingerprint density at radius 3 is 3.12 bits per heavy atom. The SMILES string of the molecule is Nc1nc2ccccc2n1CC1CCOC1. The van der Waals surface area contributed by atoms with Crippen molar-refractivity contribution in [1.82, 2.24) is 9.55 Å². The second-order valence-electron chi connectivity index (χ2n) is 4.30. The third-order valence-corrected chi connectivity index (χ3v) is 3.15. The molecule has 0 radical (unpaired) electrons. The molecule has 84 valence electrons. The number of hydrogen-bond donors (Lipinski definition) is 1. The van der Waals surface area contributed by atoms with Gasteiger partial charge in [0.05, 0.1) is 17.6 Å². The van der Waals surface area contributed by atoms with Crippen LogP contribution in [0.1, 0.15) is 6.42 Å². The molecule has 2 N–H and O–H groups in total. The quantitative estimate of drug-likeness (QED) is 0.832. The van der Waals surface area contributed by atoms with E-state index in [4.69, 9.17) is 10.5 Å². The van der Waals surface area contributed by atoms with Gasteiger partial charge in [-0.15, -0.1) is 0 Å². The number of hydrogen-bond acceptors (Lipinski definition) is 3. The van der Waals surface area contributed by atoms with Crippen molar-refractivity contribution in [2.75, 3.05) is 18.9 Å². The van der Waals surface area contributed by atoms with Gasteiger partial charge >= 0.3 is 0 Å². The lowest BCUT2D eigenvalue weighted by atomic mass is 10.1. The van der Waals surface area contributed by atoms with Gasteiger partial charge in [-0.05, 0) is 18.6 Å². The van der Waals surface area contributed by atoms with E-state index in [1.165, 1.54) is 0 Å². The van der Waals surface area contributed by atoms with Crippen LogP contribution in [-0.4, -0.2) is 22.8 Å². The maximum Gasteiger partial charge on any atom is 0.201 e. The van der Waals surface area contributed by atoms with Gasteiger partial charge in [-0.2, -0.15) is 0 Å². The number of benzene rings is 1. The largest absolute Gasteiger partial charge is 0.381 e. The van der Waals surface area contributed by atoms with Crippen molar-refractivity contribution in [1.29, 1.82) is 0 Å². The molecular weight excluding hydrogens is 202 g/mol. The van der Waals surface area contributed by atoms with E-state index in [2.05, 4.69) is 15.6 Å². The lowest BCUT2D eigenvalue weighted by Gasteiger charge is -2.10. The predicted molar refractivity (Wildman–Crippen MR) is 63.1 cm³/mol. The number of nitrogens with zero attached hydrogens (tertiary/aromatic N) is 2. The van der Waals surface area contributed by atoms with Crippen molar-refractivity contribution in [3.05, 3.63) is 24.3 Å². The van der Waals surface area contributed by atoms with Crippen LogP contribution in [0.2, 0.25) is 0 Å². The van der Waals surface area contributed by atoms with Gasteiger partial charge in [0.25, 0.3) is 0 Å². The minimum atomic E-state index is 0.569. The summed E-state index contributed by atoms with van der Waals surface area (Å²) in [6.45, 7) is 2.62. The number of aromatic nitrogens is 2. The van der Waals surface area contributed by atoms with Crippen LogP contribution in [0.3, 0.4) is 0 Å². The van der Waals surface area contributed by atoms with E-state index >= 15 is 0 Å². The molecule has 0 amide bonds. The van der Waals surface area contributed by atoms with Gasteiger partial charge in [-0.3, -0.25) is 0 Å². The van der Waals surface area contributed by atoms with E-state index in [-0.39, 0.29) is 0 Å². The summed E-state index contributed by atoms with van der Waals surface area (Å²) in [4.78, 5) is 4.36. The first-order valence-corrected chi connectivity index (χ1v) is 5.63. The maximum absolute atomic E-state index is 5.94. The topological polar surface area (TPSA) is 53.1 Å². The molecule has 1 aromatic carbocycles. The molecule has 1 saturated heterocycles. The second kappa shape index (κ2) is 3.79. The van der Waals surface area contributed by atoms with Gasteiger partial charge in [0.2, 0.25) is 5.95 Å². The Morgan fingerprint density at radius 1 is 1.44 bits per heavy atom. The first-order chi connectivity index (χ1) is 7.84. The summed E-state index contributed by atoms with van der Waals surface area (Å²) in [5, 5.41) is 0. The minimum Gasteiger partial charge on any atom is -0.381 e. The van der Waals surface area contributed by atoms with Gasteiger partial charge in [-0.25, -0.2) is 4.98 Å². The Hall–Kier alpha value is -1.55. The molecule has 16 heavy (non-hydrogen) atoms. The van der Waals surface area contributed by atoms with Crippen LogP contribution in [0.15, 0.2) is 24.3 Å². The summed E-state index contributed by atoms with van der Waals surface area (Å²) >= 11 is 0. The molecule has 1 aromatic heterocycles. The van der Waals surface area contributed by atoms with E-state index in [0.29, 0.717) is 11.9 Å². The maximum atomic E-state index is 5.94. The monoisotopic (exact) mass is 217 g/mol. The van der Waals surface area contributed by atoms with Crippen LogP contribution >= 0.6 is 0 Å². The van der Waals surface area contributed by atoms with Gasteiger partial charge in [0.1, 0.15) is 0 Å². The Morgan fingerprint density at radius 2 is 2.31 bits per heavy atom. The lowest BCUT2D eigenvalue weighted by molar-refractivity contribution is 0.183. The average Bonchev–Trinajstić information content (AvgIpc) is 2.89. The van der Waals surface area contributed by atoms with Crippen molar-refractivity contribution in [2.24, 2.45) is 5.92 Å². The normalized spacial score (nSPS) is 20.6. The Kier molecular flexibility index (Phi) is 2.29. The summed E-state index contributed by atoms with van der Waals surface area (Å²) in [7, 11) is 0. The van der Waals surface area contributed by atoms with Gasteiger partial charge in [-0.1, -0.05) is 12.1 Å². The van der Waals surface area contributed by atoms with E-state index in [1.807, 2.05) is 18.2 Å². The van der Waals surface area contributed by atoms with Crippen LogP contribution in [0.4, 0.5) is 5.95 Å². The molecule has 4 heteroatoms. The van der Waals surface area contributed by atoms with Gasteiger partial charge in [0, 0.05) is 19.1 Å². The second-order valence-corrected chi connectivity index (χ2v) is 4.30. The molecule has 0 bridgehead atoms. The zero-order chi connectivity index (χ0) is 11.0. The van der Waals surface area contributed by atoms with Crippen LogP contribution in [0, 0.1) is 5.92 Å². The molecule has 0 spiro atoms. The van der Waals surface area contributed by atoms with Crippen LogP contribution in [0.25, 0.3) is 11.0 Å². The summed E-state index contributed by atoms with van der Waals surface area (Å²) in [5.74, 6) is 1.17. The molecule has 0 saturated carbocycles. The van der Waals surface area contributed by atoms with Gasteiger partial charge < -0.3 is 15.0 Å².